The van der Waals surface area contributed by atoms with Gasteiger partial charge in [0.25, 0.3) is 0 Å². The highest BCUT2D eigenvalue weighted by molar-refractivity contribution is 5.78. The van der Waals surface area contributed by atoms with E-state index in [1.54, 1.807) is 19.0 Å². The van der Waals surface area contributed by atoms with Gasteiger partial charge in [0, 0.05) is 39.8 Å². The molecule has 5 rings (SSSR count). The number of piperidine rings is 1. The van der Waals surface area contributed by atoms with E-state index in [0.29, 0.717) is 12.5 Å². The summed E-state index contributed by atoms with van der Waals surface area (Å²) in [6.45, 7) is 2.99. The Bertz CT molecular complexity index is 815. The Morgan fingerprint density at radius 1 is 1.04 bits per heavy atom. The average molecular weight is 370 g/mol. The summed E-state index contributed by atoms with van der Waals surface area (Å²) < 4.78 is 0. The van der Waals surface area contributed by atoms with Crippen LogP contribution in [0.3, 0.4) is 0 Å². The van der Waals surface area contributed by atoms with Gasteiger partial charge in [0.2, 0.25) is 11.8 Å². The molecule has 0 unspecified atom stereocenters. The zero-order chi connectivity index (χ0) is 19.0. The molecule has 2 amide bonds. The van der Waals surface area contributed by atoms with Crippen molar-refractivity contribution in [3.05, 3.63) is 24.3 Å². The molecule has 3 saturated heterocycles. The molecule has 2 bridgehead atoms. The van der Waals surface area contributed by atoms with Gasteiger partial charge in [-0.3, -0.25) is 14.5 Å². The number of likely N-dealkylation sites (N-methyl/N-ethyl adjacent to an activating group) is 1. The van der Waals surface area contributed by atoms with Crippen LogP contribution in [-0.4, -0.2) is 87.8 Å². The molecule has 1 aromatic heterocycles. The van der Waals surface area contributed by atoms with E-state index in [9.17, 15) is 9.59 Å². The van der Waals surface area contributed by atoms with Gasteiger partial charge in [0.15, 0.2) is 0 Å². The van der Waals surface area contributed by atoms with E-state index in [2.05, 4.69) is 15.1 Å². The number of carbonyl (C=O) groups is 2. The van der Waals surface area contributed by atoms with Crippen molar-refractivity contribution in [3.63, 3.8) is 0 Å². The summed E-state index contributed by atoms with van der Waals surface area (Å²) in [7, 11) is 3.57. The number of amides is 2. The smallest absolute Gasteiger partial charge is 0.246 e. The van der Waals surface area contributed by atoms with Gasteiger partial charge in [-0.15, -0.1) is 0 Å². The maximum absolute atomic E-state index is 13.0. The highest BCUT2D eigenvalue weighted by Gasteiger charge is 2.37. The molecule has 2 atom stereocenters. The highest BCUT2D eigenvalue weighted by Crippen LogP contribution is 2.28. The standard InChI is InChI=1S/C19H26N6O2/c1-22(2)18(26)12-23-9-14-7-8-15(11-23)24(10-14)19(27)13-25-20-16-5-3-4-6-17(16)21-25/h3-6,14-15H,7-13H2,1-2H3/t14-,15+/m1/s1. The van der Waals surface area contributed by atoms with Gasteiger partial charge >= 0.3 is 0 Å². The summed E-state index contributed by atoms with van der Waals surface area (Å²) in [4.78, 5) is 32.4. The topological polar surface area (TPSA) is 74.6 Å². The Morgan fingerprint density at radius 2 is 1.74 bits per heavy atom. The largest absolute Gasteiger partial charge is 0.348 e. The fourth-order valence-electron chi connectivity index (χ4n) is 4.13. The molecule has 3 fully saturated rings. The van der Waals surface area contributed by atoms with E-state index in [-0.39, 0.29) is 24.4 Å². The Balaban J connectivity index is 1.44. The first-order chi connectivity index (χ1) is 13.0. The summed E-state index contributed by atoms with van der Waals surface area (Å²) in [5, 5.41) is 8.81. The van der Waals surface area contributed by atoms with Crippen LogP contribution in [-0.2, 0) is 16.1 Å². The van der Waals surface area contributed by atoms with Crippen LogP contribution in [0.4, 0.5) is 0 Å². The molecule has 144 valence electrons. The molecule has 8 heteroatoms. The average Bonchev–Trinajstić information content (AvgIpc) is 2.83. The Morgan fingerprint density at radius 3 is 2.41 bits per heavy atom. The van der Waals surface area contributed by atoms with Gasteiger partial charge in [0.1, 0.15) is 17.6 Å². The third-order valence-electron chi connectivity index (χ3n) is 5.57. The van der Waals surface area contributed by atoms with E-state index in [4.69, 9.17) is 0 Å². The van der Waals surface area contributed by atoms with Crippen LogP contribution >= 0.6 is 0 Å². The molecule has 27 heavy (non-hydrogen) atoms. The Labute approximate surface area is 158 Å². The van der Waals surface area contributed by atoms with Crippen LogP contribution in [0.25, 0.3) is 11.0 Å². The van der Waals surface area contributed by atoms with Crippen LogP contribution in [0.1, 0.15) is 12.8 Å². The molecule has 3 aliphatic heterocycles. The molecule has 1 aromatic carbocycles. The van der Waals surface area contributed by atoms with Crippen molar-refractivity contribution in [2.75, 3.05) is 40.3 Å². The van der Waals surface area contributed by atoms with Gasteiger partial charge in [-0.1, -0.05) is 12.1 Å². The van der Waals surface area contributed by atoms with Crippen molar-refractivity contribution in [1.29, 1.82) is 0 Å². The van der Waals surface area contributed by atoms with E-state index in [1.165, 1.54) is 4.80 Å². The lowest BCUT2D eigenvalue weighted by Gasteiger charge is -2.36. The van der Waals surface area contributed by atoms with E-state index >= 15 is 0 Å². The maximum Gasteiger partial charge on any atom is 0.246 e. The monoisotopic (exact) mass is 370 g/mol. The number of carbonyl (C=O) groups excluding carboxylic acids is 2. The van der Waals surface area contributed by atoms with E-state index in [0.717, 1.165) is 43.5 Å². The predicted molar refractivity (Wildman–Crippen MR) is 101 cm³/mol. The number of fused-ring (bicyclic) bond motifs is 5. The first-order valence-electron chi connectivity index (χ1n) is 9.51. The molecule has 4 heterocycles. The van der Waals surface area contributed by atoms with Crippen molar-refractivity contribution in [2.24, 2.45) is 5.92 Å². The molecule has 0 aliphatic carbocycles. The van der Waals surface area contributed by atoms with Crippen molar-refractivity contribution < 1.29 is 9.59 Å². The van der Waals surface area contributed by atoms with Crippen molar-refractivity contribution in [2.45, 2.75) is 25.4 Å². The molecule has 0 saturated carbocycles. The molecule has 3 aliphatic rings. The lowest BCUT2D eigenvalue weighted by atomic mass is 9.95. The van der Waals surface area contributed by atoms with Crippen LogP contribution in [0, 0.1) is 5.92 Å². The zero-order valence-corrected chi connectivity index (χ0v) is 15.9. The van der Waals surface area contributed by atoms with Crippen LogP contribution in [0.2, 0.25) is 0 Å². The molecule has 8 nitrogen and oxygen atoms in total. The number of benzene rings is 1. The number of rotatable bonds is 4. The van der Waals surface area contributed by atoms with Crippen LogP contribution in [0.15, 0.2) is 24.3 Å². The van der Waals surface area contributed by atoms with E-state index in [1.807, 2.05) is 29.2 Å². The minimum atomic E-state index is 0.0609. The van der Waals surface area contributed by atoms with Gasteiger partial charge < -0.3 is 9.80 Å². The quantitative estimate of drug-likeness (QED) is 0.781. The SMILES string of the molecule is CN(C)C(=O)CN1C[C@H]2CC[C@@H](C1)N(C(=O)Cn1nc3ccccc3n1)C2. The second-order valence-corrected chi connectivity index (χ2v) is 7.84. The second kappa shape index (κ2) is 7.26. The molecular weight excluding hydrogens is 344 g/mol. The third-order valence-corrected chi connectivity index (χ3v) is 5.57. The summed E-state index contributed by atoms with van der Waals surface area (Å²) >= 11 is 0. The molecule has 0 N–H and O–H groups in total. The van der Waals surface area contributed by atoms with Crippen LogP contribution < -0.4 is 0 Å². The summed E-state index contributed by atoms with van der Waals surface area (Å²) in [5.41, 5.74) is 1.60. The normalized spacial score (nSPS) is 22.8. The number of nitrogens with zero attached hydrogens (tertiary/aromatic N) is 6. The Hall–Kier alpha value is -2.48. The van der Waals surface area contributed by atoms with Gasteiger partial charge in [-0.05, 0) is 30.9 Å². The minimum Gasteiger partial charge on any atom is -0.348 e. The van der Waals surface area contributed by atoms with Crippen LogP contribution in [0.5, 0.6) is 0 Å². The van der Waals surface area contributed by atoms with Gasteiger partial charge in [-0.2, -0.15) is 15.0 Å². The molecular formula is C19H26N6O2. The second-order valence-electron chi connectivity index (χ2n) is 7.84. The maximum atomic E-state index is 13.0. The van der Waals surface area contributed by atoms with Crippen molar-refractivity contribution in [3.8, 4) is 0 Å². The van der Waals surface area contributed by atoms with E-state index < -0.39 is 0 Å². The summed E-state index contributed by atoms with van der Waals surface area (Å²) in [6, 6.07) is 7.80. The lowest BCUT2D eigenvalue weighted by molar-refractivity contribution is -0.136. The number of hydrogen-bond acceptors (Lipinski definition) is 5. The number of aromatic nitrogens is 3. The van der Waals surface area contributed by atoms with Crippen molar-refractivity contribution in [1.82, 2.24) is 29.7 Å². The zero-order valence-electron chi connectivity index (χ0n) is 15.9. The van der Waals surface area contributed by atoms with Gasteiger partial charge in [-0.25, -0.2) is 0 Å². The van der Waals surface area contributed by atoms with Crippen molar-refractivity contribution >= 4 is 22.8 Å². The highest BCUT2D eigenvalue weighted by atomic mass is 16.2. The fourth-order valence-corrected chi connectivity index (χ4v) is 4.13. The molecule has 2 aromatic rings. The summed E-state index contributed by atoms with van der Waals surface area (Å²) in [5.74, 6) is 0.597. The first kappa shape index (κ1) is 17.9. The van der Waals surface area contributed by atoms with Gasteiger partial charge in [0.05, 0.1) is 6.54 Å². The predicted octanol–water partition coefficient (Wildman–Crippen LogP) is 0.442. The summed E-state index contributed by atoms with van der Waals surface area (Å²) in [6.07, 6.45) is 2.11. The third kappa shape index (κ3) is 3.80. The molecule has 0 radical (unpaired) electrons. The lowest BCUT2D eigenvalue weighted by Crippen LogP contribution is -2.49. The fraction of sp³-hybridized carbons (Fsp3) is 0.579. The minimum absolute atomic E-state index is 0.0609. The Kier molecular flexibility index (Phi) is 4.82. The first-order valence-corrected chi connectivity index (χ1v) is 9.51. The molecule has 0 spiro atoms. The number of hydrogen-bond donors (Lipinski definition) is 0.